The van der Waals surface area contributed by atoms with Crippen LogP contribution in [0.2, 0.25) is 0 Å². The molecule has 0 radical (unpaired) electrons. The maximum atomic E-state index is 9.25. The van der Waals surface area contributed by atoms with Crippen LogP contribution in [0.5, 0.6) is 0 Å². The molecule has 1 heterocycles. The molecule has 3 N–H and O–H groups in total. The van der Waals surface area contributed by atoms with Gasteiger partial charge < -0.3 is 15.6 Å². The molecule has 0 amide bonds. The average Bonchev–Trinajstić information content (AvgIpc) is 2.23. The van der Waals surface area contributed by atoms with Crippen molar-refractivity contribution in [1.29, 1.82) is 0 Å². The van der Waals surface area contributed by atoms with Crippen molar-refractivity contribution in [2.45, 2.75) is 51.4 Å². The van der Waals surface area contributed by atoms with Crippen LogP contribution in [0.25, 0.3) is 0 Å². The Morgan fingerprint density at radius 3 is 2.75 bits per heavy atom. The highest BCUT2D eigenvalue weighted by molar-refractivity contribution is 4.87. The van der Waals surface area contributed by atoms with Crippen LogP contribution in [0.1, 0.15) is 33.6 Å². The Morgan fingerprint density at radius 2 is 2.25 bits per heavy atom. The first-order valence-electron chi connectivity index (χ1n) is 6.25. The minimum absolute atomic E-state index is 0.0597. The smallest absolute Gasteiger partial charge is 0.0940 e. The van der Waals surface area contributed by atoms with Crippen LogP contribution >= 0.6 is 0 Å². The first kappa shape index (κ1) is 13.9. The third-order valence-electron chi connectivity index (χ3n) is 3.20. The Balaban J connectivity index is 2.64. The van der Waals surface area contributed by atoms with Gasteiger partial charge in [0.25, 0.3) is 0 Å². The van der Waals surface area contributed by atoms with Crippen LogP contribution < -0.4 is 5.73 Å². The summed E-state index contributed by atoms with van der Waals surface area (Å²) >= 11 is 0. The second kappa shape index (κ2) is 5.96. The third kappa shape index (κ3) is 3.70. The summed E-state index contributed by atoms with van der Waals surface area (Å²) in [5.74, 6) is 0. The number of nitrogens with two attached hydrogens (primary N) is 1. The van der Waals surface area contributed by atoms with E-state index < -0.39 is 0 Å². The second-order valence-electron chi connectivity index (χ2n) is 5.25. The van der Waals surface area contributed by atoms with Crippen LogP contribution in [0.3, 0.4) is 0 Å². The number of aliphatic hydroxyl groups is 1. The Labute approximate surface area is 98.8 Å². The highest BCUT2D eigenvalue weighted by Crippen LogP contribution is 2.24. The predicted octanol–water partition coefficient (Wildman–Crippen LogP) is 0.586. The summed E-state index contributed by atoms with van der Waals surface area (Å²) in [6, 6.07) is 0.516. The molecular formula is C12H26N2O2. The number of aliphatic hydroxyl groups excluding tert-OH is 1. The van der Waals surface area contributed by atoms with Crippen molar-refractivity contribution >= 4 is 0 Å². The van der Waals surface area contributed by atoms with E-state index in [0.29, 0.717) is 6.04 Å². The molecule has 1 rings (SSSR count). The second-order valence-corrected chi connectivity index (χ2v) is 5.25. The molecule has 4 heteroatoms. The van der Waals surface area contributed by atoms with Crippen molar-refractivity contribution < 1.29 is 9.84 Å². The largest absolute Gasteiger partial charge is 0.394 e. The lowest BCUT2D eigenvalue weighted by molar-refractivity contribution is -0.157. The molecule has 1 aliphatic rings. The predicted molar refractivity (Wildman–Crippen MR) is 65.4 cm³/mol. The molecule has 0 bridgehead atoms. The van der Waals surface area contributed by atoms with Gasteiger partial charge in [-0.2, -0.15) is 0 Å². The van der Waals surface area contributed by atoms with Gasteiger partial charge in [-0.3, -0.25) is 4.90 Å². The Hall–Kier alpha value is -0.160. The lowest BCUT2D eigenvalue weighted by atomic mass is 10.0. The Kier molecular flexibility index (Phi) is 5.18. The minimum Gasteiger partial charge on any atom is -0.394 e. The van der Waals surface area contributed by atoms with Crippen molar-refractivity contribution in [3.05, 3.63) is 0 Å². The van der Waals surface area contributed by atoms with E-state index in [1.54, 1.807) is 0 Å². The van der Waals surface area contributed by atoms with Crippen LogP contribution in [0, 0.1) is 0 Å². The fourth-order valence-electron chi connectivity index (χ4n) is 2.55. The maximum absolute atomic E-state index is 9.25. The normalized spacial score (nSPS) is 27.9. The van der Waals surface area contributed by atoms with Crippen molar-refractivity contribution in [2.75, 3.05) is 26.2 Å². The Bertz CT molecular complexity index is 209. The first-order chi connectivity index (χ1) is 7.52. The average molecular weight is 230 g/mol. The molecule has 1 fully saturated rings. The van der Waals surface area contributed by atoms with Crippen molar-refractivity contribution in [3.8, 4) is 0 Å². The van der Waals surface area contributed by atoms with E-state index in [-0.39, 0.29) is 18.3 Å². The van der Waals surface area contributed by atoms with E-state index in [1.165, 1.54) is 0 Å². The van der Waals surface area contributed by atoms with Gasteiger partial charge in [0.1, 0.15) is 0 Å². The fraction of sp³-hybridized carbons (Fsp3) is 1.00. The number of rotatable bonds is 5. The van der Waals surface area contributed by atoms with E-state index in [1.807, 2.05) is 0 Å². The number of morpholine rings is 1. The summed E-state index contributed by atoms with van der Waals surface area (Å²) in [4.78, 5) is 2.41. The van der Waals surface area contributed by atoms with Gasteiger partial charge in [-0.25, -0.2) is 0 Å². The van der Waals surface area contributed by atoms with Crippen LogP contribution in [0.15, 0.2) is 0 Å². The molecular weight excluding hydrogens is 204 g/mol. The maximum Gasteiger partial charge on any atom is 0.0940 e. The molecule has 4 nitrogen and oxygen atoms in total. The summed E-state index contributed by atoms with van der Waals surface area (Å²) in [6.07, 6.45) is 2.06. The van der Waals surface area contributed by atoms with Crippen molar-refractivity contribution in [3.63, 3.8) is 0 Å². The number of nitrogens with zero attached hydrogens (tertiary/aromatic N) is 1. The van der Waals surface area contributed by atoms with E-state index in [9.17, 15) is 5.11 Å². The zero-order chi connectivity index (χ0) is 12.2. The monoisotopic (exact) mass is 230 g/mol. The van der Waals surface area contributed by atoms with Gasteiger partial charge >= 0.3 is 0 Å². The summed E-state index contributed by atoms with van der Waals surface area (Å²) in [5.41, 5.74) is 5.47. The van der Waals surface area contributed by atoms with Gasteiger partial charge in [0, 0.05) is 19.1 Å². The molecule has 16 heavy (non-hydrogen) atoms. The molecule has 0 spiro atoms. The SMILES string of the molecule is CCC(CCN)N1CC(CO)OC(C)(C)C1. The van der Waals surface area contributed by atoms with Crippen LogP contribution in [-0.2, 0) is 4.74 Å². The number of hydrogen-bond donors (Lipinski definition) is 2. The highest BCUT2D eigenvalue weighted by atomic mass is 16.5. The van der Waals surface area contributed by atoms with E-state index in [0.717, 1.165) is 32.5 Å². The lowest BCUT2D eigenvalue weighted by Crippen LogP contribution is -2.56. The molecule has 2 atom stereocenters. The minimum atomic E-state index is -0.173. The highest BCUT2D eigenvalue weighted by Gasteiger charge is 2.35. The van der Waals surface area contributed by atoms with E-state index in [4.69, 9.17) is 10.5 Å². The summed E-state index contributed by atoms with van der Waals surface area (Å²) in [7, 11) is 0. The third-order valence-corrected chi connectivity index (χ3v) is 3.20. The molecule has 1 aliphatic heterocycles. The molecule has 0 aromatic heterocycles. The summed E-state index contributed by atoms with van der Waals surface area (Å²) in [5, 5.41) is 9.25. The van der Waals surface area contributed by atoms with Gasteiger partial charge in [0.2, 0.25) is 0 Å². The van der Waals surface area contributed by atoms with Gasteiger partial charge in [-0.1, -0.05) is 6.92 Å². The van der Waals surface area contributed by atoms with E-state index in [2.05, 4.69) is 25.7 Å². The number of hydrogen-bond acceptors (Lipinski definition) is 4. The number of ether oxygens (including phenoxy) is 1. The molecule has 0 saturated carbocycles. The van der Waals surface area contributed by atoms with Crippen molar-refractivity contribution in [2.24, 2.45) is 5.73 Å². The molecule has 2 unspecified atom stereocenters. The van der Waals surface area contributed by atoms with Crippen LogP contribution in [-0.4, -0.2) is 54.0 Å². The fourth-order valence-corrected chi connectivity index (χ4v) is 2.55. The first-order valence-corrected chi connectivity index (χ1v) is 6.25. The quantitative estimate of drug-likeness (QED) is 0.725. The lowest BCUT2D eigenvalue weighted by Gasteiger charge is -2.45. The van der Waals surface area contributed by atoms with Gasteiger partial charge in [-0.15, -0.1) is 0 Å². The molecule has 0 aromatic rings. The molecule has 1 saturated heterocycles. The van der Waals surface area contributed by atoms with Crippen molar-refractivity contribution in [1.82, 2.24) is 4.90 Å². The molecule has 0 aliphatic carbocycles. The van der Waals surface area contributed by atoms with Gasteiger partial charge in [0.15, 0.2) is 0 Å². The van der Waals surface area contributed by atoms with E-state index >= 15 is 0 Å². The zero-order valence-corrected chi connectivity index (χ0v) is 10.8. The summed E-state index contributed by atoms with van der Waals surface area (Å²) < 4.78 is 5.80. The van der Waals surface area contributed by atoms with Crippen LogP contribution in [0.4, 0.5) is 0 Å². The molecule has 96 valence electrons. The topological polar surface area (TPSA) is 58.7 Å². The molecule has 0 aromatic carbocycles. The Morgan fingerprint density at radius 1 is 1.56 bits per heavy atom. The summed E-state index contributed by atoms with van der Waals surface area (Å²) in [6.45, 7) is 8.91. The standard InChI is InChI=1S/C12H26N2O2/c1-4-10(5-6-13)14-7-11(8-15)16-12(2,3)9-14/h10-11,15H,4-9,13H2,1-3H3. The zero-order valence-electron chi connectivity index (χ0n) is 10.8. The van der Waals surface area contributed by atoms with Gasteiger partial charge in [0.05, 0.1) is 18.3 Å². The van der Waals surface area contributed by atoms with Gasteiger partial charge in [-0.05, 0) is 33.2 Å².